The van der Waals surface area contributed by atoms with E-state index in [2.05, 4.69) is 20.8 Å². The zero-order valence-corrected chi connectivity index (χ0v) is 11.7. The molecule has 1 saturated heterocycles. The smallest absolute Gasteiger partial charge is 0.338 e. The largest absolute Gasteiger partial charge is 0.463 e. The maximum atomic E-state index is 11.8. The summed E-state index contributed by atoms with van der Waals surface area (Å²) in [6.07, 6.45) is 5.10. The quantitative estimate of drug-likeness (QED) is 0.674. The molecule has 102 valence electrons. The number of hydrogen-bond donors (Lipinski definition) is 1. The lowest BCUT2D eigenvalue weighted by Gasteiger charge is -2.58. The van der Waals surface area contributed by atoms with E-state index >= 15 is 0 Å². The fourth-order valence-electron chi connectivity index (χ4n) is 5.24. The normalized spacial score (nSPS) is 50.3. The third kappa shape index (κ3) is 1.37. The highest BCUT2D eigenvalue weighted by molar-refractivity contribution is 5.82. The zero-order valence-electron chi connectivity index (χ0n) is 11.7. The van der Waals surface area contributed by atoms with E-state index in [-0.39, 0.29) is 17.3 Å². The number of aliphatic hydroxyl groups is 1. The van der Waals surface area contributed by atoms with Crippen molar-refractivity contribution in [3.63, 3.8) is 0 Å². The molecule has 0 spiro atoms. The Morgan fingerprint density at radius 2 is 1.89 bits per heavy atom. The lowest BCUT2D eigenvalue weighted by Crippen LogP contribution is -2.59. The highest BCUT2D eigenvalue weighted by Gasteiger charge is 2.65. The molecule has 3 fully saturated rings. The van der Waals surface area contributed by atoms with Gasteiger partial charge in [-0.1, -0.05) is 27.2 Å². The minimum absolute atomic E-state index is 0.00387. The summed E-state index contributed by atoms with van der Waals surface area (Å²) in [5.41, 5.74) is -0.820. The van der Waals surface area contributed by atoms with Crippen LogP contribution in [0.5, 0.6) is 0 Å². The number of rotatable bonds is 0. The maximum Gasteiger partial charge on any atom is 0.338 e. The first-order chi connectivity index (χ1) is 8.31. The van der Waals surface area contributed by atoms with Crippen LogP contribution in [0.2, 0.25) is 0 Å². The number of hydrogen-bond acceptors (Lipinski definition) is 3. The van der Waals surface area contributed by atoms with E-state index in [0.29, 0.717) is 24.4 Å². The van der Waals surface area contributed by atoms with Crippen LogP contribution in [0.25, 0.3) is 0 Å². The molecular formula is C15H24O3. The third-order valence-corrected chi connectivity index (χ3v) is 6.20. The second-order valence-electron chi connectivity index (χ2n) is 7.51. The van der Waals surface area contributed by atoms with Gasteiger partial charge in [-0.2, -0.15) is 0 Å². The Bertz CT molecular complexity index is 389. The van der Waals surface area contributed by atoms with E-state index < -0.39 is 5.60 Å². The van der Waals surface area contributed by atoms with Crippen molar-refractivity contribution in [2.45, 2.75) is 58.5 Å². The van der Waals surface area contributed by atoms with E-state index in [4.69, 9.17) is 4.74 Å². The highest BCUT2D eigenvalue weighted by Crippen LogP contribution is 2.63. The number of esters is 1. The minimum atomic E-state index is -1.20. The summed E-state index contributed by atoms with van der Waals surface area (Å²) < 4.78 is 5.20. The van der Waals surface area contributed by atoms with Crippen molar-refractivity contribution in [3.05, 3.63) is 0 Å². The Hall–Kier alpha value is -0.570. The van der Waals surface area contributed by atoms with Crippen LogP contribution < -0.4 is 0 Å². The molecule has 1 aliphatic heterocycles. The molecule has 0 amide bonds. The standard InChI is InChI=1S/C15H24O3/c1-13(2)6-4-7-14(3)10(13)5-8-15(17)11(14)9-18-12(15)16/h10-11,17H,4-9H2,1-3H3. The second kappa shape index (κ2) is 3.50. The van der Waals surface area contributed by atoms with Gasteiger partial charge in [0.1, 0.15) is 0 Å². The first-order valence-electron chi connectivity index (χ1n) is 7.20. The number of ether oxygens (including phenoxy) is 1. The Morgan fingerprint density at radius 3 is 2.61 bits per heavy atom. The van der Waals surface area contributed by atoms with Crippen LogP contribution in [-0.4, -0.2) is 23.3 Å². The first-order valence-corrected chi connectivity index (χ1v) is 7.20. The van der Waals surface area contributed by atoms with Gasteiger partial charge < -0.3 is 9.84 Å². The molecule has 3 heteroatoms. The van der Waals surface area contributed by atoms with Gasteiger partial charge in [0.25, 0.3) is 0 Å². The van der Waals surface area contributed by atoms with Crippen LogP contribution in [0.1, 0.15) is 52.9 Å². The van der Waals surface area contributed by atoms with Crippen LogP contribution in [-0.2, 0) is 9.53 Å². The SMILES string of the molecule is CC1(C)CCCC2(C)C1CCC1(O)C(=O)OCC12. The summed E-state index contributed by atoms with van der Waals surface area (Å²) >= 11 is 0. The molecule has 3 nitrogen and oxygen atoms in total. The Morgan fingerprint density at radius 1 is 1.17 bits per heavy atom. The van der Waals surface area contributed by atoms with E-state index in [9.17, 15) is 9.90 Å². The molecule has 0 aromatic carbocycles. The lowest BCUT2D eigenvalue weighted by atomic mass is 9.46. The highest BCUT2D eigenvalue weighted by atomic mass is 16.6. The number of carbonyl (C=O) groups excluding carboxylic acids is 1. The van der Waals surface area contributed by atoms with Crippen LogP contribution in [0, 0.1) is 22.7 Å². The van der Waals surface area contributed by atoms with Gasteiger partial charge in [0.05, 0.1) is 6.61 Å². The molecule has 1 heterocycles. The minimum Gasteiger partial charge on any atom is -0.463 e. The predicted molar refractivity (Wildman–Crippen MR) is 67.9 cm³/mol. The van der Waals surface area contributed by atoms with E-state index in [0.717, 1.165) is 12.8 Å². The van der Waals surface area contributed by atoms with E-state index in [1.54, 1.807) is 0 Å². The van der Waals surface area contributed by atoms with Crippen molar-refractivity contribution in [3.8, 4) is 0 Å². The van der Waals surface area contributed by atoms with Crippen LogP contribution in [0.4, 0.5) is 0 Å². The molecule has 0 aromatic rings. The topological polar surface area (TPSA) is 46.5 Å². The summed E-state index contributed by atoms with van der Waals surface area (Å²) in [7, 11) is 0. The van der Waals surface area contributed by atoms with Crippen molar-refractivity contribution < 1.29 is 14.6 Å². The zero-order chi connectivity index (χ0) is 13.2. The van der Waals surface area contributed by atoms with Crippen molar-refractivity contribution in [2.24, 2.45) is 22.7 Å². The molecular weight excluding hydrogens is 228 g/mol. The Balaban J connectivity index is 2.01. The summed E-state index contributed by atoms with van der Waals surface area (Å²) in [5.74, 6) is 0.213. The first kappa shape index (κ1) is 12.5. The molecule has 0 radical (unpaired) electrons. The van der Waals surface area contributed by atoms with Gasteiger partial charge in [-0.05, 0) is 42.4 Å². The van der Waals surface area contributed by atoms with Crippen molar-refractivity contribution in [1.29, 1.82) is 0 Å². The summed E-state index contributed by atoms with van der Waals surface area (Å²) in [4.78, 5) is 11.8. The van der Waals surface area contributed by atoms with Crippen LogP contribution >= 0.6 is 0 Å². The Labute approximate surface area is 109 Å². The second-order valence-corrected chi connectivity index (χ2v) is 7.51. The molecule has 2 aliphatic carbocycles. The van der Waals surface area contributed by atoms with E-state index in [1.165, 1.54) is 12.8 Å². The monoisotopic (exact) mass is 252 g/mol. The van der Waals surface area contributed by atoms with E-state index in [1.807, 2.05) is 0 Å². The molecule has 1 N–H and O–H groups in total. The summed E-state index contributed by atoms with van der Waals surface area (Å²) in [6.45, 7) is 7.38. The molecule has 0 bridgehead atoms. The summed E-state index contributed by atoms with van der Waals surface area (Å²) in [5, 5.41) is 10.7. The number of carbonyl (C=O) groups is 1. The number of cyclic esters (lactones) is 1. The third-order valence-electron chi connectivity index (χ3n) is 6.20. The van der Waals surface area contributed by atoms with Gasteiger partial charge in [-0.15, -0.1) is 0 Å². The summed E-state index contributed by atoms with van der Waals surface area (Å²) in [6, 6.07) is 0. The molecule has 3 aliphatic rings. The average Bonchev–Trinajstić information content (AvgIpc) is 2.55. The lowest BCUT2D eigenvalue weighted by molar-refractivity contribution is -0.174. The average molecular weight is 252 g/mol. The van der Waals surface area contributed by atoms with Crippen molar-refractivity contribution >= 4 is 5.97 Å². The fraction of sp³-hybridized carbons (Fsp3) is 0.933. The Kier molecular flexibility index (Phi) is 2.42. The van der Waals surface area contributed by atoms with Gasteiger partial charge in [-0.3, -0.25) is 0 Å². The van der Waals surface area contributed by atoms with Gasteiger partial charge in [0, 0.05) is 5.92 Å². The number of fused-ring (bicyclic) bond motifs is 3. The van der Waals surface area contributed by atoms with Crippen molar-refractivity contribution in [1.82, 2.24) is 0 Å². The molecule has 4 unspecified atom stereocenters. The van der Waals surface area contributed by atoms with Gasteiger partial charge >= 0.3 is 5.97 Å². The van der Waals surface area contributed by atoms with Crippen molar-refractivity contribution in [2.75, 3.05) is 6.61 Å². The van der Waals surface area contributed by atoms with Gasteiger partial charge in [0.15, 0.2) is 5.60 Å². The fourth-order valence-corrected chi connectivity index (χ4v) is 5.24. The predicted octanol–water partition coefficient (Wildman–Crippen LogP) is 2.52. The molecule has 0 aromatic heterocycles. The van der Waals surface area contributed by atoms with Gasteiger partial charge in [-0.25, -0.2) is 4.79 Å². The molecule has 3 rings (SSSR count). The van der Waals surface area contributed by atoms with Gasteiger partial charge in [0.2, 0.25) is 0 Å². The molecule has 4 atom stereocenters. The van der Waals surface area contributed by atoms with Crippen LogP contribution in [0.3, 0.4) is 0 Å². The molecule has 2 saturated carbocycles. The molecule has 18 heavy (non-hydrogen) atoms. The maximum absolute atomic E-state index is 11.8. The van der Waals surface area contributed by atoms with Crippen LogP contribution in [0.15, 0.2) is 0 Å².